The zero-order valence-electron chi connectivity index (χ0n) is 13.6. The first kappa shape index (κ1) is 17.3. The molecular formula is C17H26N2O2. The summed E-state index contributed by atoms with van der Waals surface area (Å²) in [5.74, 6) is 1.62. The van der Waals surface area contributed by atoms with Crippen molar-refractivity contribution in [2.24, 2.45) is 0 Å². The zero-order valence-corrected chi connectivity index (χ0v) is 13.6. The second kappa shape index (κ2) is 7.90. The van der Waals surface area contributed by atoms with Gasteiger partial charge < -0.3 is 9.47 Å². The van der Waals surface area contributed by atoms with E-state index in [9.17, 15) is 5.26 Å². The van der Waals surface area contributed by atoms with E-state index in [-0.39, 0.29) is 12.1 Å². The van der Waals surface area contributed by atoms with Crippen molar-refractivity contribution in [2.45, 2.75) is 58.7 Å². The van der Waals surface area contributed by atoms with Crippen molar-refractivity contribution in [2.75, 3.05) is 6.61 Å². The van der Waals surface area contributed by atoms with Crippen LogP contribution in [0.5, 0.6) is 11.5 Å². The van der Waals surface area contributed by atoms with Crippen LogP contribution in [-0.4, -0.2) is 24.3 Å². The lowest BCUT2D eigenvalue weighted by Gasteiger charge is -2.29. The fraction of sp³-hybridized carbons (Fsp3) is 0.588. The topological polar surface area (TPSA) is 54.3 Å². The summed E-state index contributed by atoms with van der Waals surface area (Å²) < 4.78 is 11.3. The third kappa shape index (κ3) is 6.05. The van der Waals surface area contributed by atoms with Crippen LogP contribution in [0.25, 0.3) is 0 Å². The van der Waals surface area contributed by atoms with Crippen LogP contribution in [0.3, 0.4) is 0 Å². The molecule has 0 aliphatic heterocycles. The van der Waals surface area contributed by atoms with Crippen molar-refractivity contribution >= 4 is 0 Å². The molecule has 0 saturated carbocycles. The van der Waals surface area contributed by atoms with Gasteiger partial charge in [0.25, 0.3) is 0 Å². The largest absolute Gasteiger partial charge is 0.494 e. The maximum Gasteiger partial charge on any atom is 0.119 e. The molecule has 0 radical (unpaired) electrons. The Morgan fingerprint density at radius 1 is 1.19 bits per heavy atom. The molecule has 4 nitrogen and oxygen atoms in total. The number of rotatable bonds is 8. The van der Waals surface area contributed by atoms with Gasteiger partial charge in [0.05, 0.1) is 18.8 Å². The van der Waals surface area contributed by atoms with Gasteiger partial charge in [-0.25, -0.2) is 0 Å². The molecule has 0 amide bonds. The van der Waals surface area contributed by atoms with Gasteiger partial charge in [0.15, 0.2) is 0 Å². The summed E-state index contributed by atoms with van der Waals surface area (Å²) in [6, 6.07) is 10.2. The second-order valence-electron chi connectivity index (χ2n) is 5.78. The lowest BCUT2D eigenvalue weighted by molar-refractivity contribution is 0.176. The predicted molar refractivity (Wildman–Crippen MR) is 84.6 cm³/mol. The minimum Gasteiger partial charge on any atom is -0.494 e. The average Bonchev–Trinajstić information content (AvgIpc) is 2.40. The van der Waals surface area contributed by atoms with Gasteiger partial charge >= 0.3 is 0 Å². The van der Waals surface area contributed by atoms with Crippen LogP contribution in [0.1, 0.15) is 41.0 Å². The fourth-order valence-electron chi connectivity index (χ4n) is 2.40. The third-order valence-electron chi connectivity index (χ3n) is 3.02. The van der Waals surface area contributed by atoms with Gasteiger partial charge in [0.2, 0.25) is 0 Å². The molecule has 2 unspecified atom stereocenters. The molecule has 1 N–H and O–H groups in total. The maximum atomic E-state index is 9.36. The zero-order chi connectivity index (χ0) is 15.9. The predicted octanol–water partition coefficient (Wildman–Crippen LogP) is 3.52. The van der Waals surface area contributed by atoms with Gasteiger partial charge in [0, 0.05) is 12.5 Å². The standard InChI is InChI=1S/C17H26N2O2/c1-6-20-15-7-9-16(10-8-15)21-14(4)11-17(5,12-18)19-13(2)3/h7-10,13-14,19H,6,11H2,1-5H3. The highest BCUT2D eigenvalue weighted by Gasteiger charge is 2.27. The molecule has 0 heterocycles. The first-order valence-electron chi connectivity index (χ1n) is 7.47. The van der Waals surface area contributed by atoms with E-state index in [1.807, 2.05) is 58.9 Å². The molecule has 1 aromatic rings. The highest BCUT2D eigenvalue weighted by atomic mass is 16.5. The second-order valence-corrected chi connectivity index (χ2v) is 5.78. The van der Waals surface area contributed by atoms with Crippen molar-refractivity contribution in [1.29, 1.82) is 5.26 Å². The molecular weight excluding hydrogens is 264 g/mol. The summed E-state index contributed by atoms with van der Waals surface area (Å²) in [5.41, 5.74) is -0.584. The first-order valence-corrected chi connectivity index (χ1v) is 7.47. The lowest BCUT2D eigenvalue weighted by atomic mass is 9.95. The van der Waals surface area contributed by atoms with Crippen LogP contribution in [0.15, 0.2) is 24.3 Å². The minimum absolute atomic E-state index is 0.0566. The number of hydrogen-bond donors (Lipinski definition) is 1. The number of hydrogen-bond acceptors (Lipinski definition) is 4. The van der Waals surface area contributed by atoms with E-state index in [4.69, 9.17) is 9.47 Å². The van der Waals surface area contributed by atoms with E-state index >= 15 is 0 Å². The molecule has 2 atom stereocenters. The molecule has 0 aliphatic rings. The van der Waals surface area contributed by atoms with Crippen LogP contribution in [-0.2, 0) is 0 Å². The van der Waals surface area contributed by atoms with Crippen molar-refractivity contribution in [3.8, 4) is 17.6 Å². The van der Waals surface area contributed by atoms with Crippen LogP contribution in [0, 0.1) is 11.3 Å². The Labute approximate surface area is 128 Å². The SMILES string of the molecule is CCOc1ccc(OC(C)CC(C)(C#N)NC(C)C)cc1. The van der Waals surface area contributed by atoms with E-state index < -0.39 is 5.54 Å². The normalized spacial score (nSPS) is 15.1. The molecule has 0 aliphatic carbocycles. The van der Waals surface area contributed by atoms with E-state index in [0.717, 1.165) is 11.5 Å². The van der Waals surface area contributed by atoms with Crippen molar-refractivity contribution < 1.29 is 9.47 Å². The van der Waals surface area contributed by atoms with Gasteiger partial charge in [-0.15, -0.1) is 0 Å². The van der Waals surface area contributed by atoms with Gasteiger partial charge in [-0.3, -0.25) is 5.32 Å². The monoisotopic (exact) mass is 290 g/mol. The Morgan fingerprint density at radius 3 is 2.24 bits per heavy atom. The molecule has 4 heteroatoms. The van der Waals surface area contributed by atoms with Crippen LogP contribution >= 0.6 is 0 Å². The molecule has 21 heavy (non-hydrogen) atoms. The summed E-state index contributed by atoms with van der Waals surface area (Å²) in [6.07, 6.45) is 0.563. The summed E-state index contributed by atoms with van der Waals surface area (Å²) in [6.45, 7) is 10.6. The van der Waals surface area contributed by atoms with Gasteiger partial charge in [-0.2, -0.15) is 5.26 Å². The number of nitriles is 1. The number of ether oxygens (including phenoxy) is 2. The molecule has 1 aromatic carbocycles. The Kier molecular flexibility index (Phi) is 6.51. The van der Waals surface area contributed by atoms with E-state index in [0.29, 0.717) is 13.0 Å². The van der Waals surface area contributed by atoms with Crippen molar-refractivity contribution in [1.82, 2.24) is 5.32 Å². The highest BCUT2D eigenvalue weighted by Crippen LogP contribution is 2.21. The summed E-state index contributed by atoms with van der Waals surface area (Å²) in [7, 11) is 0. The molecule has 0 saturated heterocycles. The molecule has 1 rings (SSSR count). The molecule has 0 fully saturated rings. The van der Waals surface area contributed by atoms with Crippen molar-refractivity contribution in [3.63, 3.8) is 0 Å². The molecule has 0 bridgehead atoms. The smallest absolute Gasteiger partial charge is 0.119 e. The quantitative estimate of drug-likeness (QED) is 0.796. The summed E-state index contributed by atoms with van der Waals surface area (Å²) in [5, 5.41) is 12.6. The Bertz CT molecular complexity index is 465. The van der Waals surface area contributed by atoms with Gasteiger partial charge in [-0.1, -0.05) is 0 Å². The Balaban J connectivity index is 2.60. The van der Waals surface area contributed by atoms with Crippen molar-refractivity contribution in [3.05, 3.63) is 24.3 Å². The van der Waals surface area contributed by atoms with E-state index in [2.05, 4.69) is 11.4 Å². The Hall–Kier alpha value is -1.73. The molecule has 0 spiro atoms. The molecule has 0 aromatic heterocycles. The Morgan fingerprint density at radius 2 is 1.76 bits per heavy atom. The van der Waals surface area contributed by atoms with E-state index in [1.54, 1.807) is 0 Å². The van der Waals surface area contributed by atoms with Crippen LogP contribution < -0.4 is 14.8 Å². The van der Waals surface area contributed by atoms with Gasteiger partial charge in [0.1, 0.15) is 17.0 Å². The lowest BCUT2D eigenvalue weighted by Crippen LogP contribution is -2.47. The van der Waals surface area contributed by atoms with Crippen LogP contribution in [0.4, 0.5) is 0 Å². The fourth-order valence-corrected chi connectivity index (χ4v) is 2.40. The van der Waals surface area contributed by atoms with Gasteiger partial charge in [-0.05, 0) is 58.9 Å². The summed E-state index contributed by atoms with van der Waals surface area (Å²) in [4.78, 5) is 0. The highest BCUT2D eigenvalue weighted by molar-refractivity contribution is 5.31. The third-order valence-corrected chi connectivity index (χ3v) is 3.02. The average molecular weight is 290 g/mol. The molecule has 116 valence electrons. The number of nitrogens with zero attached hydrogens (tertiary/aromatic N) is 1. The first-order chi connectivity index (χ1) is 9.88. The van der Waals surface area contributed by atoms with Crippen LogP contribution in [0.2, 0.25) is 0 Å². The maximum absolute atomic E-state index is 9.36. The number of nitrogens with one attached hydrogen (secondary N) is 1. The van der Waals surface area contributed by atoms with E-state index in [1.165, 1.54) is 0 Å². The summed E-state index contributed by atoms with van der Waals surface area (Å²) >= 11 is 0. The number of benzene rings is 1. The minimum atomic E-state index is -0.584.